The highest BCUT2D eigenvalue weighted by molar-refractivity contribution is 5.92. The molecule has 2 aromatic carbocycles. The van der Waals surface area contributed by atoms with Crippen LogP contribution in [0.5, 0.6) is 0 Å². The lowest BCUT2D eigenvalue weighted by atomic mass is 10.2. The number of aromatic nitrogens is 2. The topological polar surface area (TPSA) is 38.1 Å². The quantitative estimate of drug-likeness (QED) is 0.640. The summed E-state index contributed by atoms with van der Waals surface area (Å²) in [5.74, 6) is -0.0958. The molecule has 0 aliphatic carbocycles. The fraction of sp³-hybridized carbons (Fsp3) is 0.143. The minimum atomic E-state index is -0.0958. The Labute approximate surface area is 148 Å². The zero-order chi connectivity index (χ0) is 17.6. The molecule has 1 aromatic heterocycles. The van der Waals surface area contributed by atoms with Crippen LogP contribution in [0.1, 0.15) is 21.7 Å². The molecule has 126 valence electrons. The molecule has 0 saturated heterocycles. The average Bonchev–Trinajstić information content (AvgIpc) is 3.04. The molecule has 0 bridgehead atoms. The van der Waals surface area contributed by atoms with Crippen molar-refractivity contribution < 1.29 is 4.79 Å². The molecular weight excluding hydrogens is 310 g/mol. The summed E-state index contributed by atoms with van der Waals surface area (Å²) < 4.78 is 1.79. The van der Waals surface area contributed by atoms with Crippen LogP contribution in [-0.4, -0.2) is 27.1 Å². The van der Waals surface area contributed by atoms with Gasteiger partial charge in [-0.15, -0.1) is 6.58 Å². The van der Waals surface area contributed by atoms with Gasteiger partial charge in [-0.3, -0.25) is 4.79 Å². The molecule has 3 rings (SSSR count). The van der Waals surface area contributed by atoms with Crippen molar-refractivity contribution in [3.8, 4) is 5.69 Å². The Morgan fingerprint density at radius 1 is 1.12 bits per heavy atom. The Bertz CT molecular complexity index is 853. The SMILES string of the molecule is C=CCN(Cc1ccccc1)C(=O)c1cc(C)n(-c2ccccc2)n1. The van der Waals surface area contributed by atoms with Crippen molar-refractivity contribution in [3.05, 3.63) is 96.3 Å². The van der Waals surface area contributed by atoms with E-state index in [9.17, 15) is 4.79 Å². The zero-order valence-corrected chi connectivity index (χ0v) is 14.3. The molecule has 0 radical (unpaired) electrons. The highest BCUT2D eigenvalue weighted by atomic mass is 16.2. The Hall–Kier alpha value is -3.14. The van der Waals surface area contributed by atoms with Gasteiger partial charge in [0.1, 0.15) is 0 Å². The molecule has 0 atom stereocenters. The van der Waals surface area contributed by atoms with Gasteiger partial charge in [0.2, 0.25) is 0 Å². The molecule has 3 aromatic rings. The van der Waals surface area contributed by atoms with Gasteiger partial charge in [-0.2, -0.15) is 5.10 Å². The minimum Gasteiger partial charge on any atom is -0.329 e. The van der Waals surface area contributed by atoms with Gasteiger partial charge >= 0.3 is 0 Å². The highest BCUT2D eigenvalue weighted by Gasteiger charge is 2.19. The van der Waals surface area contributed by atoms with E-state index in [0.29, 0.717) is 18.8 Å². The molecule has 0 saturated carbocycles. The summed E-state index contributed by atoms with van der Waals surface area (Å²) in [7, 11) is 0. The molecule has 0 fully saturated rings. The summed E-state index contributed by atoms with van der Waals surface area (Å²) in [5.41, 5.74) is 3.39. The van der Waals surface area contributed by atoms with Gasteiger partial charge in [-0.1, -0.05) is 54.6 Å². The second kappa shape index (κ2) is 7.62. The molecule has 0 aliphatic rings. The molecule has 4 nitrogen and oxygen atoms in total. The van der Waals surface area contributed by atoms with E-state index in [1.54, 1.807) is 15.7 Å². The number of rotatable bonds is 6. The number of aryl methyl sites for hydroxylation is 1. The maximum Gasteiger partial charge on any atom is 0.274 e. The van der Waals surface area contributed by atoms with Crippen molar-refractivity contribution >= 4 is 5.91 Å². The van der Waals surface area contributed by atoms with Crippen molar-refractivity contribution in [2.45, 2.75) is 13.5 Å². The third kappa shape index (κ3) is 3.86. The van der Waals surface area contributed by atoms with E-state index >= 15 is 0 Å². The van der Waals surface area contributed by atoms with Gasteiger partial charge in [-0.05, 0) is 30.7 Å². The lowest BCUT2D eigenvalue weighted by Crippen LogP contribution is -2.31. The van der Waals surface area contributed by atoms with Crippen molar-refractivity contribution in [1.29, 1.82) is 0 Å². The average molecular weight is 331 g/mol. The molecule has 0 N–H and O–H groups in total. The van der Waals surface area contributed by atoms with Gasteiger partial charge in [0.25, 0.3) is 5.91 Å². The van der Waals surface area contributed by atoms with E-state index in [2.05, 4.69) is 11.7 Å². The first-order valence-corrected chi connectivity index (χ1v) is 8.25. The largest absolute Gasteiger partial charge is 0.329 e. The van der Waals surface area contributed by atoms with Gasteiger partial charge in [0.05, 0.1) is 5.69 Å². The summed E-state index contributed by atoms with van der Waals surface area (Å²) in [4.78, 5) is 14.7. The molecular formula is C21H21N3O. The van der Waals surface area contributed by atoms with Crippen LogP contribution in [0.25, 0.3) is 5.69 Å². The standard InChI is InChI=1S/C21H21N3O/c1-3-14-23(16-18-10-6-4-7-11-18)21(25)20-15-17(2)24(22-20)19-12-8-5-9-13-19/h3-13,15H,1,14,16H2,2H3. The first kappa shape index (κ1) is 16.7. The van der Waals surface area contributed by atoms with Crippen LogP contribution >= 0.6 is 0 Å². The van der Waals surface area contributed by atoms with Crippen LogP contribution in [0.4, 0.5) is 0 Å². The summed E-state index contributed by atoms with van der Waals surface area (Å²) in [6, 6.07) is 21.6. The van der Waals surface area contributed by atoms with E-state index in [1.807, 2.05) is 73.7 Å². The van der Waals surface area contributed by atoms with Crippen molar-refractivity contribution in [1.82, 2.24) is 14.7 Å². The summed E-state index contributed by atoms with van der Waals surface area (Å²) in [6.07, 6.45) is 1.74. The van der Waals surface area contributed by atoms with Gasteiger partial charge < -0.3 is 4.90 Å². The number of nitrogens with zero attached hydrogens (tertiary/aromatic N) is 3. The smallest absolute Gasteiger partial charge is 0.274 e. The van der Waals surface area contributed by atoms with Crippen molar-refractivity contribution in [2.24, 2.45) is 0 Å². The van der Waals surface area contributed by atoms with E-state index in [-0.39, 0.29) is 5.91 Å². The lowest BCUT2D eigenvalue weighted by molar-refractivity contribution is 0.0756. The van der Waals surface area contributed by atoms with Crippen molar-refractivity contribution in [2.75, 3.05) is 6.54 Å². The van der Waals surface area contributed by atoms with E-state index < -0.39 is 0 Å². The van der Waals surface area contributed by atoms with Crippen LogP contribution in [0, 0.1) is 6.92 Å². The Balaban J connectivity index is 1.86. The predicted molar refractivity (Wildman–Crippen MR) is 99.7 cm³/mol. The third-order valence-electron chi connectivity index (χ3n) is 3.96. The molecule has 0 unspecified atom stereocenters. The van der Waals surface area contributed by atoms with Gasteiger partial charge in [-0.25, -0.2) is 4.68 Å². The third-order valence-corrected chi connectivity index (χ3v) is 3.96. The second-order valence-corrected chi connectivity index (χ2v) is 5.88. The number of carbonyl (C=O) groups is 1. The molecule has 0 spiro atoms. The number of amides is 1. The fourth-order valence-corrected chi connectivity index (χ4v) is 2.75. The van der Waals surface area contributed by atoms with Gasteiger partial charge in [0.15, 0.2) is 5.69 Å². The maximum atomic E-state index is 12.9. The minimum absolute atomic E-state index is 0.0958. The predicted octanol–water partition coefficient (Wildman–Crippen LogP) is 4.01. The van der Waals surface area contributed by atoms with Crippen LogP contribution in [0.2, 0.25) is 0 Å². The molecule has 1 heterocycles. The van der Waals surface area contributed by atoms with E-state index in [4.69, 9.17) is 0 Å². The van der Waals surface area contributed by atoms with Crippen LogP contribution < -0.4 is 0 Å². The molecule has 4 heteroatoms. The first-order valence-electron chi connectivity index (χ1n) is 8.25. The normalized spacial score (nSPS) is 10.4. The van der Waals surface area contributed by atoms with Gasteiger partial charge in [0, 0.05) is 18.8 Å². The van der Waals surface area contributed by atoms with E-state index in [0.717, 1.165) is 16.9 Å². The molecule has 0 aliphatic heterocycles. The van der Waals surface area contributed by atoms with Crippen LogP contribution in [0.15, 0.2) is 79.4 Å². The van der Waals surface area contributed by atoms with Crippen LogP contribution in [-0.2, 0) is 6.54 Å². The molecule has 25 heavy (non-hydrogen) atoms. The van der Waals surface area contributed by atoms with Crippen molar-refractivity contribution in [3.63, 3.8) is 0 Å². The second-order valence-electron chi connectivity index (χ2n) is 5.88. The summed E-state index contributed by atoms with van der Waals surface area (Å²) in [5, 5.41) is 4.52. The monoisotopic (exact) mass is 331 g/mol. The number of hydrogen-bond donors (Lipinski definition) is 0. The number of benzene rings is 2. The summed E-state index contributed by atoms with van der Waals surface area (Å²) in [6.45, 7) is 6.73. The number of carbonyl (C=O) groups excluding carboxylic acids is 1. The summed E-state index contributed by atoms with van der Waals surface area (Å²) >= 11 is 0. The molecule has 1 amide bonds. The Morgan fingerprint density at radius 3 is 2.40 bits per heavy atom. The maximum absolute atomic E-state index is 12.9. The number of hydrogen-bond acceptors (Lipinski definition) is 2. The highest BCUT2D eigenvalue weighted by Crippen LogP contribution is 2.15. The Kier molecular flexibility index (Phi) is 5.09. The number of para-hydroxylation sites is 1. The Morgan fingerprint density at radius 2 is 1.76 bits per heavy atom. The van der Waals surface area contributed by atoms with Crippen LogP contribution in [0.3, 0.4) is 0 Å². The van der Waals surface area contributed by atoms with E-state index in [1.165, 1.54) is 0 Å². The zero-order valence-electron chi connectivity index (χ0n) is 14.3. The lowest BCUT2D eigenvalue weighted by Gasteiger charge is -2.20. The first-order chi connectivity index (χ1) is 12.2. The fourth-order valence-electron chi connectivity index (χ4n) is 2.75.